The molecule has 7 nitrogen and oxygen atoms in total. The van der Waals surface area contributed by atoms with Gasteiger partial charge in [-0.3, -0.25) is 0 Å². The van der Waals surface area contributed by atoms with Gasteiger partial charge in [-0.2, -0.15) is 23.5 Å². The highest BCUT2D eigenvalue weighted by atomic mass is 32.2. The summed E-state index contributed by atoms with van der Waals surface area (Å²) in [5.41, 5.74) is -1.65. The lowest BCUT2D eigenvalue weighted by molar-refractivity contribution is -0.139. The maximum Gasteiger partial charge on any atom is 0.417 e. The highest BCUT2D eigenvalue weighted by molar-refractivity contribution is 7.89. The van der Waals surface area contributed by atoms with Crippen LogP contribution in [0.15, 0.2) is 29.4 Å². The lowest BCUT2D eigenvalue weighted by Gasteiger charge is -2.23. The summed E-state index contributed by atoms with van der Waals surface area (Å²) in [6, 6.07) is 3.16. The Morgan fingerprint density at radius 1 is 1.36 bits per heavy atom. The minimum absolute atomic E-state index is 0.274. The van der Waals surface area contributed by atoms with Gasteiger partial charge >= 0.3 is 6.18 Å². The molecule has 1 aliphatic rings. The van der Waals surface area contributed by atoms with Crippen molar-refractivity contribution in [1.29, 1.82) is 5.26 Å². The molecule has 1 N–H and O–H groups in total. The zero-order valence-electron chi connectivity index (χ0n) is 12.7. The fourth-order valence-electron chi connectivity index (χ4n) is 2.71. The Balaban J connectivity index is 2.01. The van der Waals surface area contributed by atoms with Crippen molar-refractivity contribution in [3.8, 4) is 6.07 Å². The molecule has 0 unspecified atom stereocenters. The standard InChI is InChI=1S/C14H12F3N5O2S/c15-14(16,17)10-6-9(7-18)3-4-12(10)25(23,24)21-11-2-1-5-22-13(11)19-8-20-22/h3-4,6,8,11,21H,1-2,5H2/t11-/m1/s1. The molecule has 132 valence electrons. The second-order valence-corrected chi connectivity index (χ2v) is 7.16. The predicted molar refractivity (Wildman–Crippen MR) is 78.5 cm³/mol. The molecule has 0 saturated heterocycles. The van der Waals surface area contributed by atoms with Gasteiger partial charge in [0.2, 0.25) is 10.0 Å². The summed E-state index contributed by atoms with van der Waals surface area (Å²) in [5, 5.41) is 12.7. The number of nitrogens with zero attached hydrogens (tertiary/aromatic N) is 4. The first-order valence-corrected chi connectivity index (χ1v) is 8.72. The molecule has 1 aliphatic heterocycles. The fraction of sp³-hybridized carbons (Fsp3) is 0.357. The lowest BCUT2D eigenvalue weighted by Crippen LogP contribution is -2.34. The third-order valence-corrected chi connectivity index (χ3v) is 5.35. The topological polar surface area (TPSA) is 101 Å². The van der Waals surface area contributed by atoms with E-state index >= 15 is 0 Å². The van der Waals surface area contributed by atoms with Gasteiger partial charge in [-0.25, -0.2) is 22.8 Å². The molecule has 1 aromatic heterocycles. The van der Waals surface area contributed by atoms with Crippen molar-refractivity contribution in [2.75, 3.05) is 0 Å². The summed E-state index contributed by atoms with van der Waals surface area (Å²) in [7, 11) is -4.48. The van der Waals surface area contributed by atoms with Crippen LogP contribution < -0.4 is 4.72 Å². The summed E-state index contributed by atoms with van der Waals surface area (Å²) in [6.07, 6.45) is -2.63. The van der Waals surface area contributed by atoms with Gasteiger partial charge in [0.05, 0.1) is 28.1 Å². The summed E-state index contributed by atoms with van der Waals surface area (Å²) in [6.45, 7) is 0.568. The second-order valence-electron chi connectivity index (χ2n) is 5.48. The monoisotopic (exact) mass is 371 g/mol. The van der Waals surface area contributed by atoms with E-state index < -0.39 is 32.7 Å². The van der Waals surface area contributed by atoms with Crippen molar-refractivity contribution < 1.29 is 21.6 Å². The van der Waals surface area contributed by atoms with Crippen molar-refractivity contribution >= 4 is 10.0 Å². The summed E-state index contributed by atoms with van der Waals surface area (Å²) in [5.74, 6) is 0.358. The van der Waals surface area contributed by atoms with Crippen molar-refractivity contribution in [3.05, 3.63) is 41.5 Å². The number of hydrogen-bond donors (Lipinski definition) is 1. The SMILES string of the molecule is N#Cc1ccc(S(=O)(=O)N[C@@H]2CCCn3ncnc32)c(C(F)(F)F)c1. The Kier molecular flexibility index (Phi) is 4.26. The Morgan fingerprint density at radius 3 is 2.80 bits per heavy atom. The van der Waals surface area contributed by atoms with Crippen LogP contribution in [0.3, 0.4) is 0 Å². The number of halogens is 3. The number of benzene rings is 1. The van der Waals surface area contributed by atoms with E-state index in [1.165, 1.54) is 11.0 Å². The summed E-state index contributed by atoms with van der Waals surface area (Å²) < 4.78 is 68.6. The van der Waals surface area contributed by atoms with Crippen molar-refractivity contribution in [2.45, 2.75) is 36.5 Å². The Morgan fingerprint density at radius 2 is 2.12 bits per heavy atom. The molecule has 0 bridgehead atoms. The molecule has 2 aromatic rings. The van der Waals surface area contributed by atoms with Crippen molar-refractivity contribution in [1.82, 2.24) is 19.5 Å². The first kappa shape index (κ1) is 17.4. The van der Waals surface area contributed by atoms with Crippen LogP contribution in [0, 0.1) is 11.3 Å². The van der Waals surface area contributed by atoms with Crippen LogP contribution in [0.1, 0.15) is 35.8 Å². The van der Waals surface area contributed by atoms with Gasteiger partial charge in [-0.15, -0.1) is 0 Å². The predicted octanol–water partition coefficient (Wildman–Crippen LogP) is 1.98. The molecular formula is C14H12F3N5O2S. The summed E-state index contributed by atoms with van der Waals surface area (Å²) in [4.78, 5) is 3.05. The normalized spacial score (nSPS) is 17.8. The quantitative estimate of drug-likeness (QED) is 0.889. The van der Waals surface area contributed by atoms with Crippen LogP contribution in [0.2, 0.25) is 0 Å². The maximum atomic E-state index is 13.2. The van der Waals surface area contributed by atoms with Gasteiger partial charge in [-0.1, -0.05) is 0 Å². The van der Waals surface area contributed by atoms with Crippen LogP contribution in [-0.4, -0.2) is 23.2 Å². The van der Waals surface area contributed by atoms with E-state index in [4.69, 9.17) is 5.26 Å². The van der Waals surface area contributed by atoms with Gasteiger partial charge in [-0.05, 0) is 31.0 Å². The molecule has 0 radical (unpaired) electrons. The number of alkyl halides is 3. The zero-order chi connectivity index (χ0) is 18.2. The van der Waals surface area contributed by atoms with E-state index in [0.717, 1.165) is 12.1 Å². The van der Waals surface area contributed by atoms with Crippen LogP contribution in [0.4, 0.5) is 13.2 Å². The summed E-state index contributed by atoms with van der Waals surface area (Å²) >= 11 is 0. The smallest absolute Gasteiger partial charge is 0.248 e. The molecule has 0 spiro atoms. The van der Waals surface area contributed by atoms with Crippen LogP contribution in [-0.2, 0) is 22.7 Å². The third kappa shape index (κ3) is 3.35. The maximum absolute atomic E-state index is 13.2. The first-order chi connectivity index (χ1) is 11.7. The van der Waals surface area contributed by atoms with E-state index in [2.05, 4.69) is 14.8 Å². The van der Waals surface area contributed by atoms with E-state index in [-0.39, 0.29) is 5.56 Å². The Bertz CT molecular complexity index is 946. The number of aryl methyl sites for hydroxylation is 1. The third-order valence-electron chi connectivity index (χ3n) is 3.82. The van der Waals surface area contributed by atoms with Crippen LogP contribution >= 0.6 is 0 Å². The molecular weight excluding hydrogens is 359 g/mol. The lowest BCUT2D eigenvalue weighted by atomic mass is 10.1. The molecule has 3 rings (SSSR count). The van der Waals surface area contributed by atoms with E-state index in [1.54, 1.807) is 6.07 Å². The number of aromatic nitrogens is 3. The number of fused-ring (bicyclic) bond motifs is 1. The highest BCUT2D eigenvalue weighted by Crippen LogP contribution is 2.35. The number of rotatable bonds is 3. The number of nitriles is 1. The average Bonchev–Trinajstić information content (AvgIpc) is 3.03. The molecule has 1 aromatic carbocycles. The minimum atomic E-state index is -4.91. The second kappa shape index (κ2) is 6.12. The van der Waals surface area contributed by atoms with E-state index in [1.807, 2.05) is 0 Å². The largest absolute Gasteiger partial charge is 0.417 e. The highest BCUT2D eigenvalue weighted by Gasteiger charge is 2.38. The van der Waals surface area contributed by atoms with Crippen LogP contribution in [0.25, 0.3) is 0 Å². The molecule has 0 saturated carbocycles. The van der Waals surface area contributed by atoms with Gasteiger partial charge < -0.3 is 0 Å². The van der Waals surface area contributed by atoms with Crippen molar-refractivity contribution in [3.63, 3.8) is 0 Å². The van der Waals surface area contributed by atoms with E-state index in [9.17, 15) is 21.6 Å². The zero-order valence-corrected chi connectivity index (χ0v) is 13.5. The van der Waals surface area contributed by atoms with Gasteiger partial charge in [0.25, 0.3) is 0 Å². The number of hydrogen-bond acceptors (Lipinski definition) is 5. The average molecular weight is 371 g/mol. The van der Waals surface area contributed by atoms with Gasteiger partial charge in [0.15, 0.2) is 0 Å². The van der Waals surface area contributed by atoms with Crippen LogP contribution in [0.5, 0.6) is 0 Å². The Labute approximate surface area is 141 Å². The fourth-order valence-corrected chi connectivity index (χ4v) is 4.14. The number of nitrogens with one attached hydrogen (secondary N) is 1. The molecule has 0 fully saturated rings. The number of sulfonamides is 1. The van der Waals surface area contributed by atoms with Gasteiger partial charge in [0, 0.05) is 6.54 Å². The molecule has 1 atom stereocenters. The van der Waals surface area contributed by atoms with E-state index in [0.29, 0.717) is 31.3 Å². The molecule has 11 heteroatoms. The molecule has 0 aliphatic carbocycles. The van der Waals surface area contributed by atoms with Crippen molar-refractivity contribution in [2.24, 2.45) is 0 Å². The minimum Gasteiger partial charge on any atom is -0.248 e. The molecule has 2 heterocycles. The first-order valence-electron chi connectivity index (χ1n) is 7.24. The molecule has 25 heavy (non-hydrogen) atoms. The Hall–Kier alpha value is -2.45. The molecule has 0 amide bonds. The van der Waals surface area contributed by atoms with Gasteiger partial charge in [0.1, 0.15) is 12.2 Å².